The summed E-state index contributed by atoms with van der Waals surface area (Å²) in [7, 11) is 1.73. The summed E-state index contributed by atoms with van der Waals surface area (Å²) in [6.07, 6.45) is 2.69. The van der Waals surface area contributed by atoms with Gasteiger partial charge in [-0.1, -0.05) is 25.1 Å². The van der Waals surface area contributed by atoms with Crippen molar-refractivity contribution < 1.29 is 4.74 Å². The molecule has 1 aromatic heterocycles. The largest absolute Gasteiger partial charge is 0.385 e. The Balaban J connectivity index is 1.88. The van der Waals surface area contributed by atoms with Crippen LogP contribution in [-0.2, 0) is 4.74 Å². The quantitative estimate of drug-likeness (QED) is 0.460. The molecule has 1 unspecified atom stereocenters. The molecule has 0 saturated carbocycles. The van der Waals surface area contributed by atoms with Crippen molar-refractivity contribution in [3.63, 3.8) is 0 Å². The van der Waals surface area contributed by atoms with E-state index in [1.807, 2.05) is 18.2 Å². The van der Waals surface area contributed by atoms with Crippen molar-refractivity contribution >= 4 is 22.7 Å². The van der Waals surface area contributed by atoms with E-state index in [-0.39, 0.29) is 0 Å². The second kappa shape index (κ2) is 8.19. The molecule has 2 rings (SSSR count). The van der Waals surface area contributed by atoms with E-state index in [2.05, 4.69) is 28.3 Å². The SMILES string of the molecule is COCCCNCC(C)Sc1ncnc2ccccc12. The average molecular weight is 291 g/mol. The molecule has 0 saturated heterocycles. The van der Waals surface area contributed by atoms with Gasteiger partial charge in [0.05, 0.1) is 5.52 Å². The first kappa shape index (κ1) is 15.2. The zero-order valence-corrected chi connectivity index (χ0v) is 12.8. The van der Waals surface area contributed by atoms with Crippen LogP contribution < -0.4 is 5.32 Å². The molecule has 0 aliphatic heterocycles. The van der Waals surface area contributed by atoms with E-state index < -0.39 is 0 Å². The van der Waals surface area contributed by atoms with E-state index in [4.69, 9.17) is 4.74 Å². The fraction of sp³-hybridized carbons (Fsp3) is 0.467. The number of thioether (sulfide) groups is 1. The van der Waals surface area contributed by atoms with Gasteiger partial charge >= 0.3 is 0 Å². The van der Waals surface area contributed by atoms with Crippen LogP contribution in [0.3, 0.4) is 0 Å². The second-order valence-electron chi connectivity index (χ2n) is 4.67. The van der Waals surface area contributed by atoms with Gasteiger partial charge in [0, 0.05) is 30.9 Å². The van der Waals surface area contributed by atoms with Gasteiger partial charge in [-0.15, -0.1) is 11.8 Å². The standard InChI is InChI=1S/C15H21N3OS/c1-12(10-16-8-5-9-19-2)20-15-13-6-3-4-7-14(13)17-11-18-15/h3-4,6-7,11-12,16H,5,8-10H2,1-2H3. The Bertz CT molecular complexity index is 530. The number of ether oxygens (including phenoxy) is 1. The summed E-state index contributed by atoms with van der Waals surface area (Å²) in [6.45, 7) is 4.98. The molecule has 0 spiro atoms. The molecule has 1 aromatic carbocycles. The van der Waals surface area contributed by atoms with Crippen molar-refractivity contribution in [2.45, 2.75) is 23.6 Å². The van der Waals surface area contributed by atoms with E-state index >= 15 is 0 Å². The van der Waals surface area contributed by atoms with Crippen LogP contribution in [0.4, 0.5) is 0 Å². The van der Waals surface area contributed by atoms with Gasteiger partial charge in [-0.05, 0) is 19.0 Å². The predicted molar refractivity (Wildman–Crippen MR) is 84.2 cm³/mol. The van der Waals surface area contributed by atoms with Gasteiger partial charge in [0.2, 0.25) is 0 Å². The first-order valence-electron chi connectivity index (χ1n) is 6.87. The number of nitrogens with one attached hydrogen (secondary N) is 1. The van der Waals surface area contributed by atoms with Crippen LogP contribution in [0.25, 0.3) is 10.9 Å². The number of rotatable bonds is 8. The minimum atomic E-state index is 0.468. The number of fused-ring (bicyclic) bond motifs is 1. The van der Waals surface area contributed by atoms with Gasteiger partial charge in [-0.3, -0.25) is 0 Å². The third kappa shape index (κ3) is 4.44. The molecular weight excluding hydrogens is 270 g/mol. The summed E-state index contributed by atoms with van der Waals surface area (Å²) in [5.74, 6) is 0. The number of hydrogen-bond donors (Lipinski definition) is 1. The average Bonchev–Trinajstić information content (AvgIpc) is 2.47. The number of methoxy groups -OCH3 is 1. The molecule has 0 aliphatic carbocycles. The van der Waals surface area contributed by atoms with Crippen molar-refractivity contribution in [1.82, 2.24) is 15.3 Å². The van der Waals surface area contributed by atoms with E-state index in [9.17, 15) is 0 Å². The fourth-order valence-electron chi connectivity index (χ4n) is 1.95. The maximum absolute atomic E-state index is 5.03. The van der Waals surface area contributed by atoms with E-state index in [1.165, 1.54) is 0 Å². The molecule has 1 N–H and O–H groups in total. The summed E-state index contributed by atoms with van der Waals surface area (Å²) in [4.78, 5) is 8.70. The van der Waals surface area contributed by atoms with Gasteiger partial charge in [0.15, 0.2) is 0 Å². The van der Waals surface area contributed by atoms with Crippen molar-refractivity contribution in [2.75, 3.05) is 26.8 Å². The Morgan fingerprint density at radius 1 is 1.30 bits per heavy atom. The maximum Gasteiger partial charge on any atom is 0.117 e. The van der Waals surface area contributed by atoms with Crippen LogP contribution in [0.5, 0.6) is 0 Å². The van der Waals surface area contributed by atoms with Crippen molar-refractivity contribution in [1.29, 1.82) is 0 Å². The summed E-state index contributed by atoms with van der Waals surface area (Å²) < 4.78 is 5.03. The van der Waals surface area contributed by atoms with E-state index in [1.54, 1.807) is 25.2 Å². The molecule has 0 radical (unpaired) electrons. The van der Waals surface area contributed by atoms with Crippen molar-refractivity contribution in [3.05, 3.63) is 30.6 Å². The lowest BCUT2D eigenvalue weighted by atomic mass is 10.2. The number of nitrogens with zero attached hydrogens (tertiary/aromatic N) is 2. The van der Waals surface area contributed by atoms with Crippen LogP contribution in [0.15, 0.2) is 35.6 Å². The molecule has 4 nitrogen and oxygen atoms in total. The van der Waals surface area contributed by atoms with Crippen molar-refractivity contribution in [3.8, 4) is 0 Å². The maximum atomic E-state index is 5.03. The lowest BCUT2D eigenvalue weighted by Crippen LogP contribution is -2.24. The van der Waals surface area contributed by atoms with Crippen molar-refractivity contribution in [2.24, 2.45) is 0 Å². The third-order valence-electron chi connectivity index (χ3n) is 2.95. The van der Waals surface area contributed by atoms with E-state index in [0.717, 1.165) is 42.0 Å². The van der Waals surface area contributed by atoms with Gasteiger partial charge in [0.1, 0.15) is 11.4 Å². The highest BCUT2D eigenvalue weighted by molar-refractivity contribution is 8.00. The number of benzene rings is 1. The van der Waals surface area contributed by atoms with Crippen LogP contribution in [0, 0.1) is 0 Å². The lowest BCUT2D eigenvalue weighted by molar-refractivity contribution is 0.194. The molecule has 108 valence electrons. The molecule has 0 fully saturated rings. The lowest BCUT2D eigenvalue weighted by Gasteiger charge is -2.12. The fourth-order valence-corrected chi connectivity index (χ4v) is 2.94. The monoisotopic (exact) mass is 291 g/mol. The Hall–Kier alpha value is -1.17. The normalized spacial score (nSPS) is 12.7. The second-order valence-corrected chi connectivity index (χ2v) is 6.10. The molecule has 0 bridgehead atoms. The van der Waals surface area contributed by atoms with E-state index in [0.29, 0.717) is 5.25 Å². The third-order valence-corrected chi connectivity index (χ3v) is 4.07. The Labute approximate surface area is 124 Å². The summed E-state index contributed by atoms with van der Waals surface area (Å²) >= 11 is 1.79. The van der Waals surface area contributed by atoms with Crippen LogP contribution in [0.1, 0.15) is 13.3 Å². The van der Waals surface area contributed by atoms with Crippen LogP contribution >= 0.6 is 11.8 Å². The van der Waals surface area contributed by atoms with Crippen LogP contribution in [-0.4, -0.2) is 42.0 Å². The molecular formula is C15H21N3OS. The summed E-state index contributed by atoms with van der Waals surface area (Å²) in [6, 6.07) is 8.14. The molecule has 1 atom stereocenters. The Morgan fingerprint density at radius 2 is 2.15 bits per heavy atom. The highest BCUT2D eigenvalue weighted by Crippen LogP contribution is 2.27. The minimum absolute atomic E-state index is 0.468. The molecule has 20 heavy (non-hydrogen) atoms. The first-order valence-corrected chi connectivity index (χ1v) is 7.75. The number of para-hydroxylation sites is 1. The molecule has 1 heterocycles. The molecule has 2 aromatic rings. The topological polar surface area (TPSA) is 47.0 Å². The Morgan fingerprint density at radius 3 is 3.00 bits per heavy atom. The smallest absolute Gasteiger partial charge is 0.117 e. The zero-order chi connectivity index (χ0) is 14.2. The van der Waals surface area contributed by atoms with Gasteiger partial charge < -0.3 is 10.1 Å². The summed E-state index contributed by atoms with van der Waals surface area (Å²) in [5, 5.41) is 6.10. The predicted octanol–water partition coefficient (Wildman–Crippen LogP) is 2.74. The Kier molecular flexibility index (Phi) is 6.24. The van der Waals surface area contributed by atoms with Gasteiger partial charge in [0.25, 0.3) is 0 Å². The zero-order valence-electron chi connectivity index (χ0n) is 12.0. The number of hydrogen-bond acceptors (Lipinski definition) is 5. The first-order chi connectivity index (χ1) is 9.81. The van der Waals surface area contributed by atoms with Crippen LogP contribution in [0.2, 0.25) is 0 Å². The molecule has 5 heteroatoms. The molecule has 0 amide bonds. The van der Waals surface area contributed by atoms with Gasteiger partial charge in [-0.2, -0.15) is 0 Å². The molecule has 0 aliphatic rings. The number of aromatic nitrogens is 2. The highest BCUT2D eigenvalue weighted by Gasteiger charge is 2.08. The van der Waals surface area contributed by atoms with Gasteiger partial charge in [-0.25, -0.2) is 9.97 Å². The highest BCUT2D eigenvalue weighted by atomic mass is 32.2. The minimum Gasteiger partial charge on any atom is -0.385 e. The summed E-state index contributed by atoms with van der Waals surface area (Å²) in [5.41, 5.74) is 1.00.